The number of halogens is 1. The van der Waals surface area contributed by atoms with Gasteiger partial charge in [-0.25, -0.2) is 4.79 Å². The van der Waals surface area contributed by atoms with Crippen LogP contribution in [-0.2, 0) is 24.3 Å². The molecule has 4 aromatic carbocycles. The van der Waals surface area contributed by atoms with Crippen LogP contribution in [0.1, 0.15) is 47.8 Å². The summed E-state index contributed by atoms with van der Waals surface area (Å²) in [6.45, 7) is 1.17. The number of nitrogens with zero attached hydrogens (tertiary/aromatic N) is 3. The van der Waals surface area contributed by atoms with Gasteiger partial charge >= 0.3 is 5.97 Å². The number of fused-ring (bicyclic) bond motifs is 1. The first kappa shape index (κ1) is 29.8. The molecule has 2 aliphatic rings. The van der Waals surface area contributed by atoms with E-state index in [1.807, 2.05) is 42.5 Å². The highest BCUT2D eigenvalue weighted by Gasteiger charge is 2.39. The Kier molecular flexibility index (Phi) is 8.49. The van der Waals surface area contributed by atoms with E-state index in [1.54, 1.807) is 70.5 Å². The summed E-state index contributed by atoms with van der Waals surface area (Å²) in [5.41, 5.74) is 3.29. The normalized spacial score (nSPS) is 16.0. The van der Waals surface area contributed by atoms with Gasteiger partial charge in [-0.05, 0) is 59.7 Å². The predicted octanol–water partition coefficient (Wildman–Crippen LogP) is 5.85. The molecule has 0 fully saturated rings. The predicted molar refractivity (Wildman–Crippen MR) is 171 cm³/mol. The standard InChI is InChI=1S/C36H30ClN3O5/c37-28-17-15-27(16-18-28)34(42)40-23-30-29(36(44)45)9-6-10-31(30)39(35(43)32(40)21-24-7-2-1-3-8-24)22-25-11-13-26(14-12-25)33(41)38-19-4-5-20-38/h1-18,32H,19-23H2,(H,44,45). The lowest BCUT2D eigenvalue weighted by molar-refractivity contribution is -0.123. The van der Waals surface area contributed by atoms with Gasteiger partial charge in [-0.1, -0.05) is 72.3 Å². The number of hydrogen-bond acceptors (Lipinski definition) is 4. The minimum absolute atomic E-state index is 0.0136. The molecule has 3 amide bonds. The Morgan fingerprint density at radius 2 is 1.40 bits per heavy atom. The van der Waals surface area contributed by atoms with E-state index in [-0.39, 0.29) is 36.9 Å². The van der Waals surface area contributed by atoms with Crippen molar-refractivity contribution < 1.29 is 24.3 Å². The summed E-state index contributed by atoms with van der Waals surface area (Å²) in [6, 6.07) is 26.8. The first-order valence-corrected chi connectivity index (χ1v) is 15.0. The van der Waals surface area contributed by atoms with Gasteiger partial charge in [-0.2, -0.15) is 0 Å². The number of carbonyl (C=O) groups is 4. The zero-order valence-electron chi connectivity index (χ0n) is 24.3. The molecule has 2 aliphatic heterocycles. The summed E-state index contributed by atoms with van der Waals surface area (Å²) in [5, 5.41) is 10.6. The number of carboxylic acids is 1. The molecule has 1 atom stereocenters. The molecular weight excluding hydrogens is 590 g/mol. The van der Waals surface area contributed by atoms with Crippen molar-refractivity contribution in [3.63, 3.8) is 0 Å². The average Bonchev–Trinajstić information content (AvgIpc) is 3.57. The number of carbonyl (C=O) groups excluding carboxylic acids is 3. The van der Waals surface area contributed by atoms with Crippen LogP contribution in [0.4, 0.5) is 5.69 Å². The maximum Gasteiger partial charge on any atom is 0.336 e. The largest absolute Gasteiger partial charge is 0.478 e. The number of amides is 3. The van der Waals surface area contributed by atoms with Crippen molar-refractivity contribution in [3.8, 4) is 0 Å². The van der Waals surface area contributed by atoms with Crippen LogP contribution in [0.3, 0.4) is 0 Å². The molecular formula is C36H30ClN3O5. The minimum atomic E-state index is -1.15. The molecule has 4 aromatic rings. The maximum atomic E-state index is 14.6. The van der Waals surface area contributed by atoms with Gasteiger partial charge in [0.2, 0.25) is 5.91 Å². The fourth-order valence-electron chi connectivity index (χ4n) is 5.84. The Morgan fingerprint density at radius 3 is 2.07 bits per heavy atom. The molecule has 1 unspecified atom stereocenters. The van der Waals surface area contributed by atoms with Crippen molar-refractivity contribution in [1.82, 2.24) is 9.80 Å². The smallest absolute Gasteiger partial charge is 0.336 e. The molecule has 0 aromatic heterocycles. The molecule has 45 heavy (non-hydrogen) atoms. The molecule has 0 saturated heterocycles. The van der Waals surface area contributed by atoms with Crippen LogP contribution in [0.5, 0.6) is 0 Å². The molecule has 1 N–H and O–H groups in total. The van der Waals surface area contributed by atoms with Crippen molar-refractivity contribution in [2.45, 2.75) is 25.6 Å². The molecule has 0 bridgehead atoms. The lowest BCUT2D eigenvalue weighted by atomic mass is 10.0. The fourth-order valence-corrected chi connectivity index (χ4v) is 5.96. The Morgan fingerprint density at radius 1 is 0.756 bits per heavy atom. The summed E-state index contributed by atoms with van der Waals surface area (Å²) >= 11 is 6.09. The summed E-state index contributed by atoms with van der Waals surface area (Å²) in [6.07, 6.45) is 4.13. The van der Waals surface area contributed by atoms with Gasteiger partial charge in [0, 0.05) is 53.5 Å². The van der Waals surface area contributed by atoms with Gasteiger partial charge in [-0.15, -0.1) is 0 Å². The Bertz CT molecular complexity index is 1780. The highest BCUT2D eigenvalue weighted by atomic mass is 35.5. The highest BCUT2D eigenvalue weighted by Crippen LogP contribution is 2.34. The number of anilines is 1. The van der Waals surface area contributed by atoms with Crippen molar-refractivity contribution >= 4 is 41.0 Å². The highest BCUT2D eigenvalue weighted by molar-refractivity contribution is 6.30. The van der Waals surface area contributed by atoms with Crippen LogP contribution >= 0.6 is 11.6 Å². The number of rotatable bonds is 7. The van der Waals surface area contributed by atoms with E-state index in [4.69, 9.17) is 11.6 Å². The summed E-state index contributed by atoms with van der Waals surface area (Å²) in [7, 11) is 0. The van der Waals surface area contributed by atoms with Crippen LogP contribution in [0.2, 0.25) is 5.02 Å². The lowest BCUT2D eigenvalue weighted by Crippen LogP contribution is -2.49. The minimum Gasteiger partial charge on any atom is -0.478 e. The Labute approximate surface area is 265 Å². The van der Waals surface area contributed by atoms with E-state index in [9.17, 15) is 24.3 Å². The molecule has 0 spiro atoms. The molecule has 0 aliphatic carbocycles. The average molecular weight is 620 g/mol. The number of aromatic carboxylic acids is 1. The molecule has 6 rings (SSSR count). The van der Waals surface area contributed by atoms with Crippen LogP contribution in [0, 0.1) is 0 Å². The summed E-state index contributed by atoms with van der Waals surface area (Å²) in [4.78, 5) is 58.8. The SMILES string of the molecule is O=C(O)c1cccc2c1CN(C(=O)c1ccc(Cl)cc1)C(Cc1ccccc1)C(=O)N2Cc1ccc(C(=O)N2CC=CC2)cc1. The third kappa shape index (κ3) is 6.23. The van der Waals surface area contributed by atoms with Crippen LogP contribution < -0.4 is 4.90 Å². The second-order valence-corrected chi connectivity index (χ2v) is 11.5. The molecule has 0 radical (unpaired) electrons. The summed E-state index contributed by atoms with van der Waals surface area (Å²) in [5.74, 6) is -1.98. The maximum absolute atomic E-state index is 14.6. The zero-order chi connectivity index (χ0) is 31.5. The monoisotopic (exact) mass is 619 g/mol. The van der Waals surface area contributed by atoms with E-state index in [2.05, 4.69) is 0 Å². The van der Waals surface area contributed by atoms with Crippen molar-refractivity contribution in [3.05, 3.63) is 148 Å². The Balaban J connectivity index is 1.41. The van der Waals surface area contributed by atoms with Gasteiger partial charge in [0.1, 0.15) is 6.04 Å². The Hall–Kier alpha value is -5.21. The lowest BCUT2D eigenvalue weighted by Gasteiger charge is -2.31. The second kappa shape index (κ2) is 12.8. The number of hydrogen-bond donors (Lipinski definition) is 1. The van der Waals surface area contributed by atoms with E-state index in [0.29, 0.717) is 40.5 Å². The van der Waals surface area contributed by atoms with Gasteiger partial charge in [0.05, 0.1) is 12.1 Å². The fraction of sp³-hybridized carbons (Fsp3) is 0.167. The third-order valence-electron chi connectivity index (χ3n) is 8.20. The topological polar surface area (TPSA) is 98.2 Å². The van der Waals surface area contributed by atoms with Gasteiger partial charge < -0.3 is 19.8 Å². The second-order valence-electron chi connectivity index (χ2n) is 11.1. The van der Waals surface area contributed by atoms with Gasteiger partial charge in [-0.3, -0.25) is 14.4 Å². The van der Waals surface area contributed by atoms with Crippen LogP contribution in [-0.4, -0.2) is 57.7 Å². The van der Waals surface area contributed by atoms with Gasteiger partial charge in [0.15, 0.2) is 0 Å². The van der Waals surface area contributed by atoms with Gasteiger partial charge in [0.25, 0.3) is 11.8 Å². The van der Waals surface area contributed by atoms with E-state index in [1.165, 1.54) is 11.0 Å². The first-order valence-electron chi connectivity index (χ1n) is 14.6. The first-order chi connectivity index (χ1) is 21.8. The molecule has 9 heteroatoms. The molecule has 226 valence electrons. The number of benzene rings is 4. The molecule has 0 saturated carbocycles. The number of carboxylic acid groups (broad SMARTS) is 1. The van der Waals surface area contributed by atoms with Crippen molar-refractivity contribution in [2.75, 3.05) is 18.0 Å². The van der Waals surface area contributed by atoms with Crippen molar-refractivity contribution in [2.24, 2.45) is 0 Å². The molecule has 2 heterocycles. The molecule has 8 nitrogen and oxygen atoms in total. The third-order valence-corrected chi connectivity index (χ3v) is 8.45. The van der Waals surface area contributed by atoms with E-state index < -0.39 is 17.9 Å². The van der Waals surface area contributed by atoms with E-state index >= 15 is 0 Å². The van der Waals surface area contributed by atoms with E-state index in [0.717, 1.165) is 11.1 Å². The summed E-state index contributed by atoms with van der Waals surface area (Å²) < 4.78 is 0. The van der Waals surface area contributed by atoms with Crippen LogP contribution in [0.25, 0.3) is 0 Å². The van der Waals surface area contributed by atoms with Crippen LogP contribution in [0.15, 0.2) is 109 Å². The van der Waals surface area contributed by atoms with Crippen molar-refractivity contribution in [1.29, 1.82) is 0 Å². The zero-order valence-corrected chi connectivity index (χ0v) is 25.1. The quantitative estimate of drug-likeness (QED) is 0.262.